The van der Waals surface area contributed by atoms with E-state index in [-0.39, 0.29) is 35.9 Å². The van der Waals surface area contributed by atoms with Gasteiger partial charge >= 0.3 is 0 Å². The van der Waals surface area contributed by atoms with E-state index in [1.807, 2.05) is 38.1 Å². The molecule has 0 fully saturated rings. The maximum atomic E-state index is 13.2. The van der Waals surface area contributed by atoms with Crippen LogP contribution >= 0.6 is 0 Å². The van der Waals surface area contributed by atoms with Gasteiger partial charge in [-0.15, -0.1) is 0 Å². The molecule has 0 saturated heterocycles. The highest BCUT2D eigenvalue weighted by molar-refractivity contribution is 7.90. The van der Waals surface area contributed by atoms with E-state index >= 15 is 0 Å². The molecule has 9 heteroatoms. The van der Waals surface area contributed by atoms with Crippen LogP contribution in [0.15, 0.2) is 53.4 Å². The van der Waals surface area contributed by atoms with E-state index in [2.05, 4.69) is 5.32 Å². The summed E-state index contributed by atoms with van der Waals surface area (Å²) in [6.45, 7) is 3.65. The number of rotatable bonds is 8. The molecule has 1 aliphatic rings. The number of benzene rings is 2. The van der Waals surface area contributed by atoms with Gasteiger partial charge in [0, 0.05) is 26.6 Å². The minimum atomic E-state index is -4.00. The standard InChI is InChI=1S/C23H27N3O5S/c1-4-19(22(28)24-3)25(15-17-10-6-5-9-16(17)2)21(27)13-14-26-23(29)18-11-7-8-12-20(18)32(26,30)31/h5-12,19H,4,13-15H2,1-3H3,(H,24,28)/t19-/m0/s1. The molecule has 1 aliphatic heterocycles. The summed E-state index contributed by atoms with van der Waals surface area (Å²) in [5.41, 5.74) is 1.97. The predicted molar refractivity (Wildman–Crippen MR) is 119 cm³/mol. The summed E-state index contributed by atoms with van der Waals surface area (Å²) in [7, 11) is -2.49. The summed E-state index contributed by atoms with van der Waals surface area (Å²) < 4.78 is 26.3. The number of sulfonamides is 1. The zero-order valence-electron chi connectivity index (χ0n) is 18.4. The van der Waals surface area contributed by atoms with Gasteiger partial charge in [-0.1, -0.05) is 43.3 Å². The van der Waals surface area contributed by atoms with Crippen molar-refractivity contribution in [1.29, 1.82) is 0 Å². The fraction of sp³-hybridized carbons (Fsp3) is 0.348. The first kappa shape index (κ1) is 23.5. The van der Waals surface area contributed by atoms with Crippen molar-refractivity contribution in [1.82, 2.24) is 14.5 Å². The van der Waals surface area contributed by atoms with E-state index < -0.39 is 27.9 Å². The summed E-state index contributed by atoms with van der Waals surface area (Å²) in [4.78, 5) is 39.7. The number of carbonyl (C=O) groups excluding carboxylic acids is 3. The van der Waals surface area contributed by atoms with Crippen LogP contribution in [0.5, 0.6) is 0 Å². The van der Waals surface area contributed by atoms with Crippen LogP contribution in [-0.4, -0.2) is 55.0 Å². The molecule has 1 N–H and O–H groups in total. The van der Waals surface area contributed by atoms with Crippen LogP contribution < -0.4 is 5.32 Å². The number of hydrogen-bond acceptors (Lipinski definition) is 5. The van der Waals surface area contributed by atoms with Gasteiger partial charge in [-0.3, -0.25) is 14.4 Å². The molecule has 0 bridgehead atoms. The molecule has 170 valence electrons. The molecule has 2 aromatic rings. The summed E-state index contributed by atoms with van der Waals surface area (Å²) in [6, 6.07) is 12.8. The highest BCUT2D eigenvalue weighted by atomic mass is 32.2. The van der Waals surface area contributed by atoms with Crippen LogP contribution in [0.3, 0.4) is 0 Å². The molecule has 1 heterocycles. The highest BCUT2D eigenvalue weighted by Gasteiger charge is 2.41. The van der Waals surface area contributed by atoms with Crippen LogP contribution in [0, 0.1) is 6.92 Å². The van der Waals surface area contributed by atoms with Gasteiger partial charge in [0.15, 0.2) is 0 Å². The third-order valence-corrected chi connectivity index (χ3v) is 7.52. The number of aryl methyl sites for hydroxylation is 1. The lowest BCUT2D eigenvalue weighted by molar-refractivity contribution is -0.141. The lowest BCUT2D eigenvalue weighted by atomic mass is 10.1. The van der Waals surface area contributed by atoms with Crippen molar-refractivity contribution in [3.05, 3.63) is 65.2 Å². The molecule has 0 radical (unpaired) electrons. The van der Waals surface area contributed by atoms with Gasteiger partial charge in [0.05, 0.1) is 5.56 Å². The molecule has 2 aromatic carbocycles. The van der Waals surface area contributed by atoms with E-state index in [0.29, 0.717) is 6.42 Å². The molecule has 0 saturated carbocycles. The van der Waals surface area contributed by atoms with Gasteiger partial charge in [0.2, 0.25) is 11.8 Å². The Morgan fingerprint density at radius 3 is 2.38 bits per heavy atom. The molecule has 3 amide bonds. The van der Waals surface area contributed by atoms with Crippen molar-refractivity contribution < 1.29 is 22.8 Å². The van der Waals surface area contributed by atoms with Gasteiger partial charge in [-0.05, 0) is 36.6 Å². The third kappa shape index (κ3) is 4.38. The van der Waals surface area contributed by atoms with Crippen molar-refractivity contribution in [3.63, 3.8) is 0 Å². The molecule has 32 heavy (non-hydrogen) atoms. The zero-order chi connectivity index (χ0) is 23.5. The van der Waals surface area contributed by atoms with Gasteiger partial charge in [0.1, 0.15) is 10.9 Å². The molecule has 0 aliphatic carbocycles. The second kappa shape index (κ2) is 9.52. The molecule has 3 rings (SSSR count). The first-order chi connectivity index (χ1) is 15.2. The molecule has 1 atom stereocenters. The highest BCUT2D eigenvalue weighted by Crippen LogP contribution is 2.30. The number of nitrogens with one attached hydrogen (secondary N) is 1. The van der Waals surface area contributed by atoms with Crippen molar-refractivity contribution in [2.75, 3.05) is 13.6 Å². The zero-order valence-corrected chi connectivity index (χ0v) is 19.2. The van der Waals surface area contributed by atoms with E-state index in [1.54, 1.807) is 12.1 Å². The van der Waals surface area contributed by atoms with Gasteiger partial charge in [-0.2, -0.15) is 0 Å². The Morgan fingerprint density at radius 1 is 1.09 bits per heavy atom. The lowest BCUT2D eigenvalue weighted by Crippen LogP contribution is -2.49. The minimum absolute atomic E-state index is 0.0500. The second-order valence-corrected chi connectivity index (χ2v) is 9.45. The largest absolute Gasteiger partial charge is 0.357 e. The average Bonchev–Trinajstić information content (AvgIpc) is 2.98. The van der Waals surface area contributed by atoms with Crippen molar-refractivity contribution in [3.8, 4) is 0 Å². The van der Waals surface area contributed by atoms with Crippen LogP contribution in [0.1, 0.15) is 41.3 Å². The normalized spacial score (nSPS) is 15.2. The van der Waals surface area contributed by atoms with Crippen molar-refractivity contribution in [2.24, 2.45) is 0 Å². The van der Waals surface area contributed by atoms with Gasteiger partial charge in [0.25, 0.3) is 15.9 Å². The Morgan fingerprint density at radius 2 is 1.75 bits per heavy atom. The monoisotopic (exact) mass is 457 g/mol. The van der Waals surface area contributed by atoms with E-state index in [0.717, 1.165) is 15.4 Å². The van der Waals surface area contributed by atoms with E-state index in [4.69, 9.17) is 0 Å². The smallest absolute Gasteiger partial charge is 0.269 e. The Balaban J connectivity index is 1.83. The first-order valence-corrected chi connectivity index (χ1v) is 11.9. The first-order valence-electron chi connectivity index (χ1n) is 10.4. The van der Waals surface area contributed by atoms with Crippen LogP contribution in [0.2, 0.25) is 0 Å². The number of amides is 3. The Bertz CT molecular complexity index is 1150. The fourth-order valence-electron chi connectivity index (χ4n) is 3.85. The fourth-order valence-corrected chi connectivity index (χ4v) is 5.42. The maximum absolute atomic E-state index is 13.2. The van der Waals surface area contributed by atoms with E-state index in [1.165, 1.54) is 24.1 Å². The Labute approximate surface area is 188 Å². The molecule has 8 nitrogen and oxygen atoms in total. The maximum Gasteiger partial charge on any atom is 0.269 e. The SMILES string of the molecule is CC[C@@H](C(=O)NC)N(Cc1ccccc1C)C(=O)CCN1C(=O)c2ccccc2S1(=O)=O. The topological polar surface area (TPSA) is 104 Å². The Hall–Kier alpha value is -3.20. The van der Waals surface area contributed by atoms with Gasteiger partial charge in [-0.25, -0.2) is 12.7 Å². The second-order valence-electron chi connectivity index (χ2n) is 7.61. The van der Waals surface area contributed by atoms with E-state index in [9.17, 15) is 22.8 Å². The molecule has 0 unspecified atom stereocenters. The average molecular weight is 458 g/mol. The quantitative estimate of drug-likeness (QED) is 0.654. The van der Waals surface area contributed by atoms with Crippen LogP contribution in [0.4, 0.5) is 0 Å². The number of likely N-dealkylation sites (N-methyl/N-ethyl adjacent to an activating group) is 1. The molecular weight excluding hydrogens is 430 g/mol. The molecule has 0 aromatic heterocycles. The van der Waals surface area contributed by atoms with Crippen LogP contribution in [0.25, 0.3) is 0 Å². The number of nitrogens with zero attached hydrogens (tertiary/aromatic N) is 2. The number of carbonyl (C=O) groups is 3. The van der Waals surface area contributed by atoms with Gasteiger partial charge < -0.3 is 10.2 Å². The Kier molecular flexibility index (Phi) is 6.98. The van der Waals surface area contributed by atoms with Crippen molar-refractivity contribution >= 4 is 27.7 Å². The molecule has 0 spiro atoms. The predicted octanol–water partition coefficient (Wildman–Crippen LogP) is 2.08. The molecular formula is C23H27N3O5S. The summed E-state index contributed by atoms with van der Waals surface area (Å²) >= 11 is 0. The minimum Gasteiger partial charge on any atom is -0.357 e. The number of fused-ring (bicyclic) bond motifs is 1. The summed E-state index contributed by atoms with van der Waals surface area (Å²) in [5.74, 6) is -1.34. The lowest BCUT2D eigenvalue weighted by Gasteiger charge is -2.31. The summed E-state index contributed by atoms with van der Waals surface area (Å²) in [6.07, 6.45) is 0.169. The van der Waals surface area contributed by atoms with Crippen molar-refractivity contribution in [2.45, 2.75) is 44.2 Å². The van der Waals surface area contributed by atoms with Crippen LogP contribution in [-0.2, 0) is 26.2 Å². The third-order valence-electron chi connectivity index (χ3n) is 5.68. The number of hydrogen-bond donors (Lipinski definition) is 1. The summed E-state index contributed by atoms with van der Waals surface area (Å²) in [5, 5.41) is 2.59.